The van der Waals surface area contributed by atoms with E-state index < -0.39 is 12.1 Å². The lowest BCUT2D eigenvalue weighted by molar-refractivity contribution is -0.124. The fourth-order valence-corrected chi connectivity index (χ4v) is 1.64. The number of nitrogens with two attached hydrogens (primary N) is 1. The Hall–Kier alpha value is -1.30. The quantitative estimate of drug-likeness (QED) is 0.508. The second-order valence-corrected chi connectivity index (χ2v) is 5.11. The lowest BCUT2D eigenvalue weighted by atomic mass is 10.0. The molecule has 5 N–H and O–H groups in total. The first-order valence-electron chi connectivity index (χ1n) is 5.85. The van der Waals surface area contributed by atoms with Gasteiger partial charge in [-0.3, -0.25) is 4.79 Å². The Labute approximate surface area is 101 Å². The average molecular weight is 243 g/mol. The van der Waals surface area contributed by atoms with Gasteiger partial charge in [-0.1, -0.05) is 13.8 Å². The zero-order chi connectivity index (χ0) is 13.1. The largest absolute Gasteiger partial charge is 0.396 e. The van der Waals surface area contributed by atoms with Crippen LogP contribution in [0.4, 0.5) is 4.79 Å². The topological polar surface area (TPSA) is 104 Å². The first-order valence-corrected chi connectivity index (χ1v) is 5.85. The zero-order valence-corrected chi connectivity index (χ0v) is 10.3. The van der Waals surface area contributed by atoms with Gasteiger partial charge in [0.25, 0.3) is 0 Å². The van der Waals surface area contributed by atoms with Gasteiger partial charge in [-0.2, -0.15) is 0 Å². The summed E-state index contributed by atoms with van der Waals surface area (Å²) >= 11 is 0. The molecule has 1 saturated carbocycles. The molecule has 1 unspecified atom stereocenters. The van der Waals surface area contributed by atoms with Crippen molar-refractivity contribution in [3.8, 4) is 0 Å². The second kappa shape index (κ2) is 5.35. The highest BCUT2D eigenvalue weighted by Gasteiger charge is 2.42. The molecule has 17 heavy (non-hydrogen) atoms. The standard InChI is InChI=1S/C11H21N3O3/c1-7(2)8(14-10(12)17)9(16)13-5-11(6-15)3-4-11/h7-8,15H,3-6H2,1-2H3,(H,13,16)(H3,12,14,17). The van der Waals surface area contributed by atoms with Crippen LogP contribution in [0.3, 0.4) is 0 Å². The van der Waals surface area contributed by atoms with E-state index in [-0.39, 0.29) is 23.8 Å². The third-order valence-corrected chi connectivity index (χ3v) is 3.18. The van der Waals surface area contributed by atoms with Gasteiger partial charge in [-0.15, -0.1) is 0 Å². The fraction of sp³-hybridized carbons (Fsp3) is 0.818. The molecule has 1 aliphatic rings. The average Bonchev–Trinajstić information content (AvgIpc) is 3.03. The van der Waals surface area contributed by atoms with Gasteiger partial charge in [-0.25, -0.2) is 4.79 Å². The van der Waals surface area contributed by atoms with Crippen LogP contribution in [0.15, 0.2) is 0 Å². The predicted molar refractivity (Wildman–Crippen MR) is 63.1 cm³/mol. The van der Waals surface area contributed by atoms with Gasteiger partial charge in [0.2, 0.25) is 5.91 Å². The summed E-state index contributed by atoms with van der Waals surface area (Å²) in [6.07, 6.45) is 1.86. The van der Waals surface area contributed by atoms with Crippen molar-refractivity contribution in [2.24, 2.45) is 17.1 Å². The number of nitrogens with one attached hydrogen (secondary N) is 2. The molecule has 0 saturated heterocycles. The number of aliphatic hydroxyl groups is 1. The van der Waals surface area contributed by atoms with E-state index in [1.54, 1.807) is 0 Å². The Morgan fingerprint density at radius 2 is 2.00 bits per heavy atom. The Morgan fingerprint density at radius 1 is 1.41 bits per heavy atom. The van der Waals surface area contributed by atoms with Crippen LogP contribution in [-0.4, -0.2) is 36.2 Å². The van der Waals surface area contributed by atoms with Crippen LogP contribution in [0.25, 0.3) is 0 Å². The highest BCUT2D eigenvalue weighted by molar-refractivity contribution is 5.86. The molecule has 0 aromatic heterocycles. The zero-order valence-electron chi connectivity index (χ0n) is 10.3. The Kier molecular flexibility index (Phi) is 4.34. The van der Waals surface area contributed by atoms with Crippen LogP contribution in [0, 0.1) is 11.3 Å². The molecule has 0 aromatic carbocycles. The number of primary amides is 1. The first-order chi connectivity index (χ1) is 7.90. The lowest BCUT2D eigenvalue weighted by Crippen LogP contribution is -2.52. The third-order valence-electron chi connectivity index (χ3n) is 3.18. The van der Waals surface area contributed by atoms with Gasteiger partial charge in [0.15, 0.2) is 0 Å². The molecule has 1 atom stereocenters. The maximum Gasteiger partial charge on any atom is 0.312 e. The van der Waals surface area contributed by atoms with Crippen molar-refractivity contribution >= 4 is 11.9 Å². The number of hydrogen-bond donors (Lipinski definition) is 4. The number of carbonyl (C=O) groups is 2. The Bertz CT molecular complexity index is 300. The normalized spacial score (nSPS) is 18.6. The lowest BCUT2D eigenvalue weighted by Gasteiger charge is -2.22. The van der Waals surface area contributed by atoms with Crippen LogP contribution >= 0.6 is 0 Å². The summed E-state index contributed by atoms with van der Waals surface area (Å²) in [7, 11) is 0. The summed E-state index contributed by atoms with van der Waals surface area (Å²) in [6.45, 7) is 4.20. The van der Waals surface area contributed by atoms with Crippen LogP contribution in [0.1, 0.15) is 26.7 Å². The second-order valence-electron chi connectivity index (χ2n) is 5.11. The summed E-state index contributed by atoms with van der Waals surface area (Å²) in [4.78, 5) is 22.6. The van der Waals surface area contributed by atoms with Gasteiger partial charge in [0.1, 0.15) is 6.04 Å². The molecule has 0 aromatic rings. The van der Waals surface area contributed by atoms with Gasteiger partial charge < -0.3 is 21.5 Å². The molecule has 1 aliphatic carbocycles. The Morgan fingerprint density at radius 3 is 2.35 bits per heavy atom. The third kappa shape index (κ3) is 3.89. The van der Waals surface area contributed by atoms with Gasteiger partial charge >= 0.3 is 6.03 Å². The molecule has 0 spiro atoms. The van der Waals surface area contributed by atoms with Crippen molar-refractivity contribution in [2.45, 2.75) is 32.7 Å². The van der Waals surface area contributed by atoms with Crippen molar-refractivity contribution in [3.05, 3.63) is 0 Å². The number of aliphatic hydroxyl groups excluding tert-OH is 1. The predicted octanol–water partition coefficient (Wildman–Crippen LogP) is -0.432. The summed E-state index contributed by atoms with van der Waals surface area (Å²) < 4.78 is 0. The molecular formula is C11H21N3O3. The van der Waals surface area contributed by atoms with Crippen LogP contribution in [-0.2, 0) is 4.79 Å². The smallest absolute Gasteiger partial charge is 0.312 e. The molecule has 0 radical (unpaired) electrons. The molecule has 98 valence electrons. The van der Waals surface area contributed by atoms with Crippen LogP contribution < -0.4 is 16.4 Å². The first kappa shape index (κ1) is 13.8. The van der Waals surface area contributed by atoms with E-state index in [9.17, 15) is 9.59 Å². The number of carbonyl (C=O) groups excluding carboxylic acids is 2. The highest BCUT2D eigenvalue weighted by Crippen LogP contribution is 2.44. The van der Waals surface area contributed by atoms with Crippen molar-refractivity contribution in [3.63, 3.8) is 0 Å². The van der Waals surface area contributed by atoms with E-state index in [4.69, 9.17) is 10.8 Å². The van der Waals surface area contributed by atoms with Crippen LogP contribution in [0.2, 0.25) is 0 Å². The van der Waals surface area contributed by atoms with E-state index in [0.717, 1.165) is 12.8 Å². The fourth-order valence-electron chi connectivity index (χ4n) is 1.64. The summed E-state index contributed by atoms with van der Waals surface area (Å²) in [5.74, 6) is -0.287. The molecule has 6 heteroatoms. The number of hydrogen-bond acceptors (Lipinski definition) is 3. The van der Waals surface area contributed by atoms with Gasteiger partial charge in [0.05, 0.1) is 6.61 Å². The van der Waals surface area contributed by atoms with Crippen molar-refractivity contribution < 1.29 is 14.7 Å². The minimum absolute atomic E-state index is 0.0354. The van der Waals surface area contributed by atoms with E-state index in [0.29, 0.717) is 6.54 Å². The number of urea groups is 1. The molecule has 0 bridgehead atoms. The maximum atomic E-state index is 11.8. The summed E-state index contributed by atoms with van der Waals surface area (Å²) in [5, 5.41) is 14.3. The Balaban J connectivity index is 2.45. The van der Waals surface area contributed by atoms with Crippen molar-refractivity contribution in [1.29, 1.82) is 0 Å². The molecule has 6 nitrogen and oxygen atoms in total. The molecule has 1 fully saturated rings. The SMILES string of the molecule is CC(C)C(NC(N)=O)C(=O)NCC1(CO)CC1. The van der Waals surface area contributed by atoms with Crippen molar-refractivity contribution in [2.75, 3.05) is 13.2 Å². The van der Waals surface area contributed by atoms with Crippen LogP contribution in [0.5, 0.6) is 0 Å². The molecule has 3 amide bonds. The van der Waals surface area contributed by atoms with E-state index >= 15 is 0 Å². The minimum Gasteiger partial charge on any atom is -0.396 e. The number of amides is 3. The maximum absolute atomic E-state index is 11.8. The van der Waals surface area contributed by atoms with E-state index in [1.165, 1.54) is 0 Å². The minimum atomic E-state index is -0.706. The molecular weight excluding hydrogens is 222 g/mol. The monoisotopic (exact) mass is 243 g/mol. The van der Waals surface area contributed by atoms with E-state index in [2.05, 4.69) is 10.6 Å². The van der Waals surface area contributed by atoms with Gasteiger partial charge in [-0.05, 0) is 18.8 Å². The molecule has 1 rings (SSSR count). The van der Waals surface area contributed by atoms with E-state index in [1.807, 2.05) is 13.8 Å². The highest BCUT2D eigenvalue weighted by atomic mass is 16.3. The molecule has 0 heterocycles. The number of rotatable bonds is 6. The summed E-state index contributed by atoms with van der Waals surface area (Å²) in [5.41, 5.74) is 4.88. The molecule has 0 aliphatic heterocycles. The van der Waals surface area contributed by atoms with Gasteiger partial charge in [0, 0.05) is 12.0 Å². The van der Waals surface area contributed by atoms with Crippen molar-refractivity contribution in [1.82, 2.24) is 10.6 Å². The summed E-state index contributed by atoms with van der Waals surface area (Å²) in [6, 6.07) is -1.33.